The lowest BCUT2D eigenvalue weighted by Crippen LogP contribution is -2.62. The summed E-state index contributed by atoms with van der Waals surface area (Å²) in [5, 5.41) is 60.9. The minimum absolute atomic E-state index is 0.0209. The number of rotatable bonds is 43. The number of aliphatic hydroxyl groups excluding tert-OH is 1. The maximum atomic E-state index is 14.5. The number of aliphatic imine (C=N–C) groups is 1. The molecule has 21 N–H and O–H groups in total. The van der Waals surface area contributed by atoms with E-state index < -0.39 is 200 Å². The summed E-state index contributed by atoms with van der Waals surface area (Å²) in [7, 11) is 0. The number of hydrogen-bond acceptors (Lipinski definition) is 18. The summed E-state index contributed by atoms with van der Waals surface area (Å²) in [6.07, 6.45) is -2.40. The summed E-state index contributed by atoms with van der Waals surface area (Å²) in [6.45, 7) is 12.9. The Bertz CT molecular complexity index is 2520. The highest BCUT2D eigenvalue weighted by molar-refractivity contribution is 7.80. The van der Waals surface area contributed by atoms with Gasteiger partial charge >= 0.3 is 17.9 Å². The summed E-state index contributed by atoms with van der Waals surface area (Å²) in [6, 6.07) is -16.0. The average molecular weight is 1300 g/mol. The van der Waals surface area contributed by atoms with Gasteiger partial charge in [-0.05, 0) is 81.5 Å². The predicted octanol–water partition coefficient (Wildman–Crippen LogP) is -4.09. The van der Waals surface area contributed by atoms with E-state index in [-0.39, 0.29) is 81.6 Å². The van der Waals surface area contributed by atoms with Gasteiger partial charge in [-0.3, -0.25) is 67.3 Å². The highest BCUT2D eigenvalue weighted by Crippen LogP contribution is 2.20. The lowest BCUT2D eigenvalue weighted by atomic mass is 9.94. The second kappa shape index (κ2) is 40.7. The molecular formula is C56H97N15O18S. The molecule has 33 nitrogen and oxygen atoms in total. The molecule has 1 heterocycles. The fourth-order valence-corrected chi connectivity index (χ4v) is 9.63. The van der Waals surface area contributed by atoms with Gasteiger partial charge in [0.1, 0.15) is 66.5 Å². The van der Waals surface area contributed by atoms with Gasteiger partial charge < -0.3 is 96.1 Å². The van der Waals surface area contributed by atoms with E-state index in [0.717, 1.165) is 4.90 Å². The molecule has 0 aromatic heterocycles. The topological polar surface area (TPSA) is 548 Å². The van der Waals surface area contributed by atoms with Gasteiger partial charge in [-0.2, -0.15) is 12.6 Å². The van der Waals surface area contributed by atoms with Gasteiger partial charge in [0.05, 0.1) is 6.61 Å². The van der Waals surface area contributed by atoms with E-state index in [4.69, 9.17) is 22.9 Å². The number of nitrogens with zero attached hydrogens (tertiary/aromatic N) is 2. The molecule has 0 saturated carbocycles. The van der Waals surface area contributed by atoms with E-state index in [2.05, 4.69) is 65.5 Å². The van der Waals surface area contributed by atoms with Gasteiger partial charge in [0, 0.05) is 38.1 Å². The molecule has 1 aliphatic heterocycles. The van der Waals surface area contributed by atoms with Crippen molar-refractivity contribution < 1.29 is 87.5 Å². The highest BCUT2D eigenvalue weighted by atomic mass is 32.1. The summed E-state index contributed by atoms with van der Waals surface area (Å²) in [5.41, 5.74) is 22.1. The molecule has 0 spiro atoms. The van der Waals surface area contributed by atoms with Gasteiger partial charge in [-0.25, -0.2) is 4.79 Å². The van der Waals surface area contributed by atoms with E-state index in [1.54, 1.807) is 55.4 Å². The van der Waals surface area contributed by atoms with Gasteiger partial charge in [0.15, 0.2) is 5.96 Å². The van der Waals surface area contributed by atoms with Gasteiger partial charge in [0.2, 0.25) is 65.0 Å². The van der Waals surface area contributed by atoms with E-state index in [9.17, 15) is 87.5 Å². The number of aliphatic carboxylic acids is 3. The Kier molecular flexibility index (Phi) is 36.2. The maximum absolute atomic E-state index is 14.5. The van der Waals surface area contributed by atoms with Gasteiger partial charge in [-0.15, -0.1) is 0 Å². The first kappa shape index (κ1) is 80.1. The first-order valence-electron chi connectivity index (χ1n) is 30.1. The standard InChI is InChI=1S/C56H97N15O18S/c1-9-29(7)43(52(85)65-33(15-18-40(58)73)48(81)68-38(26-90)55(88)89)70-53(86)44(30(8)10-2)69-50(83)37(24-28(5)6)67-45(78)32(13-11-21-61-56(59)60)62-46(79)34(16-19-41(74)75)63-49(82)36(23-27(3)4)66-47(80)35(17-20-42(76)77)64-51(84)39-14-12-22-71(39)54(87)31(57)25-72/h27-39,43-44,72,90H,9-26,57H2,1-8H3,(H2,58,73)(H,62,79)(H,63,82)(H,64,84)(H,65,85)(H,66,80)(H,67,78)(H,68,81)(H,69,83)(H,70,86)(H,74,75)(H,76,77)(H,88,89)(H4,59,60,61)/t29-,30-,31-,32-,33-,34-,35-,36-,37-,38-,39-,43-,44-/m0/s1. The minimum atomic E-state index is -1.72. The molecule has 0 aromatic rings. The molecule has 0 unspecified atom stereocenters. The number of likely N-dealkylation sites (tertiary alicyclic amines) is 1. The quantitative estimate of drug-likeness (QED) is 0.0119. The van der Waals surface area contributed by atoms with E-state index in [1.807, 2.05) is 0 Å². The molecule has 1 rings (SSSR count). The van der Waals surface area contributed by atoms with Gasteiger partial charge in [-0.1, -0.05) is 68.2 Å². The number of carboxylic acids is 3. The Morgan fingerprint density at radius 1 is 0.533 bits per heavy atom. The van der Waals surface area contributed by atoms with Crippen LogP contribution in [0.25, 0.3) is 0 Å². The number of thiol groups is 1. The molecule has 510 valence electrons. The number of nitrogens with one attached hydrogen (secondary N) is 9. The van der Waals surface area contributed by atoms with Crippen molar-refractivity contribution in [1.29, 1.82) is 0 Å². The number of carbonyl (C=O) groups is 14. The van der Waals surface area contributed by atoms with Crippen molar-refractivity contribution in [2.45, 2.75) is 212 Å². The molecule has 1 saturated heterocycles. The summed E-state index contributed by atoms with van der Waals surface area (Å²) < 4.78 is 0. The third kappa shape index (κ3) is 28.7. The van der Waals surface area contributed by atoms with Crippen LogP contribution in [0.5, 0.6) is 0 Å². The minimum Gasteiger partial charge on any atom is -0.481 e. The second-order valence-corrected chi connectivity index (χ2v) is 23.6. The number of primary amides is 1. The fraction of sp³-hybridized carbons (Fsp3) is 0.732. The third-order valence-electron chi connectivity index (χ3n) is 14.9. The predicted molar refractivity (Wildman–Crippen MR) is 329 cm³/mol. The van der Waals surface area contributed by atoms with Crippen molar-refractivity contribution in [3.8, 4) is 0 Å². The zero-order valence-corrected chi connectivity index (χ0v) is 53.4. The molecule has 0 aliphatic carbocycles. The Labute approximate surface area is 528 Å². The van der Waals surface area contributed by atoms with Crippen LogP contribution in [0.1, 0.15) is 145 Å². The molecule has 1 fully saturated rings. The number of amides is 11. The molecule has 90 heavy (non-hydrogen) atoms. The lowest BCUT2D eigenvalue weighted by Gasteiger charge is -2.31. The Balaban J connectivity index is 3.69. The monoisotopic (exact) mass is 1300 g/mol. The van der Waals surface area contributed by atoms with Crippen molar-refractivity contribution in [1.82, 2.24) is 52.8 Å². The van der Waals surface area contributed by atoms with Crippen LogP contribution in [0.2, 0.25) is 0 Å². The summed E-state index contributed by atoms with van der Waals surface area (Å²) >= 11 is 3.95. The first-order chi connectivity index (χ1) is 42.1. The average Bonchev–Trinajstić information content (AvgIpc) is 1.54. The number of nitrogens with two attached hydrogens (primary N) is 4. The normalized spacial score (nSPS) is 16.9. The smallest absolute Gasteiger partial charge is 0.327 e. The number of guanidine groups is 1. The molecule has 0 aromatic carbocycles. The van der Waals surface area contributed by atoms with E-state index in [0.29, 0.717) is 12.8 Å². The molecule has 1 aliphatic rings. The number of aliphatic hydroxyl groups is 1. The van der Waals surface area contributed by atoms with E-state index in [1.165, 1.54) is 0 Å². The van der Waals surface area contributed by atoms with Crippen LogP contribution in [0.15, 0.2) is 4.99 Å². The van der Waals surface area contributed by atoms with Crippen LogP contribution in [-0.4, -0.2) is 206 Å². The van der Waals surface area contributed by atoms with Crippen LogP contribution in [0.4, 0.5) is 0 Å². The largest absolute Gasteiger partial charge is 0.481 e. The van der Waals surface area contributed by atoms with Crippen LogP contribution in [-0.2, 0) is 67.1 Å². The zero-order valence-electron chi connectivity index (χ0n) is 52.5. The molecule has 34 heteroatoms. The number of hydrogen-bond donors (Lipinski definition) is 18. The van der Waals surface area contributed by atoms with Crippen LogP contribution < -0.4 is 70.8 Å². The molecular weight excluding hydrogens is 1200 g/mol. The van der Waals surface area contributed by atoms with Crippen molar-refractivity contribution >= 4 is 101 Å². The van der Waals surface area contributed by atoms with Crippen molar-refractivity contribution in [2.75, 3.05) is 25.4 Å². The SMILES string of the molecule is CC[C@H](C)[C@H](NC(=O)[C@H](CC(C)C)NC(=O)[C@H](CCCN=C(N)N)NC(=O)[C@H](CCC(=O)O)NC(=O)[C@H](CC(C)C)NC(=O)[C@H](CCC(=O)O)NC(=O)[C@@H]1CCCN1C(=O)[C@@H](N)CO)C(=O)N[C@H](C(=O)N[C@@H](CCC(N)=O)C(=O)N[C@@H](CS)C(=O)O)[C@@H](C)CC. The number of carbonyl (C=O) groups excluding carboxylic acids is 11. The molecule has 0 bridgehead atoms. The Morgan fingerprint density at radius 3 is 1.31 bits per heavy atom. The second-order valence-electron chi connectivity index (χ2n) is 23.2. The van der Waals surface area contributed by atoms with Gasteiger partial charge in [0.25, 0.3) is 0 Å². The first-order valence-corrected chi connectivity index (χ1v) is 30.8. The van der Waals surface area contributed by atoms with Crippen LogP contribution in [0, 0.1) is 23.7 Å². The Hall–Kier alpha value is -7.88. The Morgan fingerprint density at radius 2 is 0.911 bits per heavy atom. The summed E-state index contributed by atoms with van der Waals surface area (Å²) in [4.78, 5) is 192. The van der Waals surface area contributed by atoms with Crippen molar-refractivity contribution in [3.63, 3.8) is 0 Å². The lowest BCUT2D eigenvalue weighted by molar-refractivity contribution is -0.142. The van der Waals surface area contributed by atoms with Crippen molar-refractivity contribution in [2.24, 2.45) is 51.6 Å². The fourth-order valence-electron chi connectivity index (χ4n) is 9.38. The van der Waals surface area contributed by atoms with Crippen LogP contribution in [0.3, 0.4) is 0 Å². The number of carboxylic acid groups (broad SMARTS) is 3. The molecule has 0 radical (unpaired) electrons. The molecule has 11 amide bonds. The summed E-state index contributed by atoms with van der Waals surface area (Å²) in [5.74, 6) is -16.8. The van der Waals surface area contributed by atoms with Crippen LogP contribution >= 0.6 is 12.6 Å². The van der Waals surface area contributed by atoms with E-state index >= 15 is 0 Å². The van der Waals surface area contributed by atoms with Crippen molar-refractivity contribution in [3.05, 3.63) is 0 Å². The zero-order chi connectivity index (χ0) is 68.7. The maximum Gasteiger partial charge on any atom is 0.327 e. The highest BCUT2D eigenvalue weighted by Gasteiger charge is 2.40. The third-order valence-corrected chi connectivity index (χ3v) is 15.2. The molecule has 13 atom stereocenters.